The Morgan fingerprint density at radius 2 is 1.75 bits per heavy atom. The lowest BCUT2D eigenvalue weighted by Crippen LogP contribution is -2.54. The van der Waals surface area contributed by atoms with Crippen molar-refractivity contribution in [2.24, 2.45) is 40.4 Å². The Bertz CT molecular complexity index is 515. The van der Waals surface area contributed by atoms with Gasteiger partial charge in [-0.1, -0.05) is 13.8 Å². The summed E-state index contributed by atoms with van der Waals surface area (Å²) in [5.41, 5.74) is 0.529. The third-order valence-electron chi connectivity index (χ3n) is 9.09. The molecule has 0 bridgehead atoms. The lowest BCUT2D eigenvalue weighted by molar-refractivity contribution is -0.150. The van der Waals surface area contributed by atoms with Crippen LogP contribution in [0.4, 0.5) is 0 Å². The molecule has 4 rings (SSSR count). The summed E-state index contributed by atoms with van der Waals surface area (Å²) in [5.74, 6) is 3.54. The van der Waals surface area contributed by atoms with E-state index in [4.69, 9.17) is 0 Å². The van der Waals surface area contributed by atoms with Crippen LogP contribution in [0.15, 0.2) is 0 Å². The molecule has 0 aromatic carbocycles. The minimum absolute atomic E-state index is 0.244. The zero-order chi connectivity index (χ0) is 17.1. The monoisotopic (exact) mass is 334 g/mol. The molecule has 0 spiro atoms. The molecule has 0 unspecified atom stereocenters. The molecule has 24 heavy (non-hydrogen) atoms. The molecule has 0 heterocycles. The topological polar surface area (TPSA) is 57.5 Å². The van der Waals surface area contributed by atoms with Gasteiger partial charge in [-0.05, 0) is 85.9 Å². The van der Waals surface area contributed by atoms with Gasteiger partial charge in [-0.15, -0.1) is 0 Å². The molecule has 4 fully saturated rings. The van der Waals surface area contributed by atoms with E-state index in [0.29, 0.717) is 24.0 Å². The average molecular weight is 334 g/mol. The summed E-state index contributed by atoms with van der Waals surface area (Å²) in [6, 6.07) is 0. The van der Waals surface area contributed by atoms with Crippen LogP contribution in [-0.4, -0.2) is 22.3 Å². The average Bonchev–Trinajstić information content (AvgIpc) is 2.83. The van der Waals surface area contributed by atoms with Gasteiger partial charge in [0.25, 0.3) is 0 Å². The van der Waals surface area contributed by atoms with Crippen molar-refractivity contribution in [3.05, 3.63) is 0 Å². The summed E-state index contributed by atoms with van der Waals surface area (Å²) in [6.45, 7) is 4.85. The summed E-state index contributed by atoms with van der Waals surface area (Å²) < 4.78 is 0. The number of fused-ring (bicyclic) bond motifs is 5. The lowest BCUT2D eigenvalue weighted by Gasteiger charge is -2.60. The lowest BCUT2D eigenvalue weighted by atomic mass is 9.44. The highest BCUT2D eigenvalue weighted by molar-refractivity contribution is 5.82. The van der Waals surface area contributed by atoms with Crippen molar-refractivity contribution in [3.63, 3.8) is 0 Å². The van der Waals surface area contributed by atoms with E-state index >= 15 is 0 Å². The highest BCUT2D eigenvalue weighted by Crippen LogP contribution is 2.67. The second kappa shape index (κ2) is 5.81. The van der Waals surface area contributed by atoms with Crippen molar-refractivity contribution < 1.29 is 15.0 Å². The standard InChI is InChI=1S/C21H34O3/c1-20-11-9-16-14(15(20)7-5-13(20)12-19(23)24)6-8-17-18(22)4-3-10-21(16,17)2/h13-17,19,23-24H,3-12H2,1-2H3/t13-,14-,15-,16-,17+,20+,21-/m0/s1. The molecule has 0 aromatic rings. The quantitative estimate of drug-likeness (QED) is 0.753. The van der Waals surface area contributed by atoms with Crippen LogP contribution in [-0.2, 0) is 4.79 Å². The van der Waals surface area contributed by atoms with Crippen molar-refractivity contribution in [3.8, 4) is 0 Å². The van der Waals surface area contributed by atoms with Gasteiger partial charge < -0.3 is 10.2 Å². The van der Waals surface area contributed by atoms with Gasteiger partial charge in [-0.25, -0.2) is 0 Å². The molecule has 7 atom stereocenters. The first kappa shape index (κ1) is 17.0. The zero-order valence-corrected chi connectivity index (χ0v) is 15.3. The molecule has 0 radical (unpaired) electrons. The van der Waals surface area contributed by atoms with Crippen molar-refractivity contribution in [2.75, 3.05) is 0 Å². The SMILES string of the molecule is C[C@]12CC[C@H]3[C@@H](CC[C@@H]4C(=O)CCC[C@]43C)[C@@H]1CC[C@H]2CC(O)O. The van der Waals surface area contributed by atoms with E-state index in [-0.39, 0.29) is 10.8 Å². The van der Waals surface area contributed by atoms with E-state index in [2.05, 4.69) is 13.8 Å². The molecule has 3 nitrogen and oxygen atoms in total. The molecule has 0 aliphatic heterocycles. The first-order chi connectivity index (χ1) is 11.4. The second-order valence-corrected chi connectivity index (χ2v) is 9.87. The number of aliphatic hydroxyl groups is 2. The Morgan fingerprint density at radius 3 is 2.50 bits per heavy atom. The van der Waals surface area contributed by atoms with Crippen LogP contribution in [0.25, 0.3) is 0 Å². The van der Waals surface area contributed by atoms with E-state index < -0.39 is 6.29 Å². The fourth-order valence-corrected chi connectivity index (χ4v) is 7.91. The molecule has 3 heteroatoms. The van der Waals surface area contributed by atoms with Gasteiger partial charge in [0.2, 0.25) is 0 Å². The van der Waals surface area contributed by atoms with Gasteiger partial charge in [0.15, 0.2) is 6.29 Å². The van der Waals surface area contributed by atoms with E-state index in [1.807, 2.05) is 0 Å². The Labute approximate surface area is 146 Å². The predicted molar refractivity (Wildman–Crippen MR) is 93.1 cm³/mol. The largest absolute Gasteiger partial charge is 0.368 e. The van der Waals surface area contributed by atoms with E-state index in [1.165, 1.54) is 32.1 Å². The first-order valence-corrected chi connectivity index (χ1v) is 10.2. The molecule has 2 N–H and O–H groups in total. The summed E-state index contributed by atoms with van der Waals surface area (Å²) >= 11 is 0. The second-order valence-electron chi connectivity index (χ2n) is 9.87. The molecule has 4 aliphatic carbocycles. The van der Waals surface area contributed by atoms with Crippen LogP contribution >= 0.6 is 0 Å². The molecule has 0 aromatic heterocycles. The van der Waals surface area contributed by atoms with E-state index in [1.54, 1.807) is 0 Å². The first-order valence-electron chi connectivity index (χ1n) is 10.2. The van der Waals surface area contributed by atoms with Gasteiger partial charge in [0, 0.05) is 18.8 Å². The third-order valence-corrected chi connectivity index (χ3v) is 9.09. The Morgan fingerprint density at radius 1 is 1.00 bits per heavy atom. The number of ketones is 1. The molecule has 4 saturated carbocycles. The Kier molecular flexibility index (Phi) is 4.12. The van der Waals surface area contributed by atoms with Gasteiger partial charge in [0.1, 0.15) is 5.78 Å². The molecular formula is C21H34O3. The summed E-state index contributed by atoms with van der Waals surface area (Å²) in [5, 5.41) is 19.0. The van der Waals surface area contributed by atoms with Crippen LogP contribution in [0.3, 0.4) is 0 Å². The smallest absolute Gasteiger partial charge is 0.151 e. The number of carbonyl (C=O) groups excluding carboxylic acids is 1. The van der Waals surface area contributed by atoms with Crippen LogP contribution < -0.4 is 0 Å². The van der Waals surface area contributed by atoms with Crippen LogP contribution in [0.2, 0.25) is 0 Å². The molecule has 4 aliphatic rings. The number of hydrogen-bond acceptors (Lipinski definition) is 3. The molecule has 0 amide bonds. The minimum atomic E-state index is -1.16. The molecule has 136 valence electrons. The zero-order valence-electron chi connectivity index (χ0n) is 15.3. The minimum Gasteiger partial charge on any atom is -0.368 e. The predicted octanol–water partition coefficient (Wildman–Crippen LogP) is 3.92. The van der Waals surface area contributed by atoms with Crippen LogP contribution in [0, 0.1) is 40.4 Å². The summed E-state index contributed by atoms with van der Waals surface area (Å²) in [7, 11) is 0. The normalized spacial score (nSPS) is 51.2. The Hall–Kier alpha value is -0.410. The maximum absolute atomic E-state index is 12.5. The van der Waals surface area contributed by atoms with Crippen molar-refractivity contribution in [1.29, 1.82) is 0 Å². The number of aliphatic hydroxyl groups excluding tert-OH is 1. The van der Waals surface area contributed by atoms with Crippen molar-refractivity contribution in [2.45, 2.75) is 84.3 Å². The van der Waals surface area contributed by atoms with Crippen LogP contribution in [0.1, 0.15) is 78.1 Å². The van der Waals surface area contributed by atoms with Gasteiger partial charge in [-0.2, -0.15) is 0 Å². The highest BCUT2D eigenvalue weighted by Gasteiger charge is 2.60. The third kappa shape index (κ3) is 2.34. The van der Waals surface area contributed by atoms with Gasteiger partial charge in [-0.3, -0.25) is 4.79 Å². The number of Topliss-reactive ketones (excluding diaryl/α,β-unsaturated/α-hetero) is 1. The Balaban J connectivity index is 1.59. The number of rotatable bonds is 2. The number of carbonyl (C=O) groups is 1. The maximum atomic E-state index is 12.5. The van der Waals surface area contributed by atoms with Gasteiger partial charge >= 0.3 is 0 Å². The molecular weight excluding hydrogens is 300 g/mol. The van der Waals surface area contributed by atoms with E-state index in [9.17, 15) is 15.0 Å². The number of hydrogen-bond donors (Lipinski definition) is 2. The summed E-state index contributed by atoms with van der Waals surface area (Å²) in [4.78, 5) is 12.5. The fourth-order valence-electron chi connectivity index (χ4n) is 7.91. The van der Waals surface area contributed by atoms with Crippen molar-refractivity contribution >= 4 is 5.78 Å². The summed E-state index contributed by atoms with van der Waals surface area (Å²) in [6.07, 6.45) is 9.74. The highest BCUT2D eigenvalue weighted by atomic mass is 16.5. The van der Waals surface area contributed by atoms with Gasteiger partial charge in [0.05, 0.1) is 0 Å². The van der Waals surface area contributed by atoms with E-state index in [0.717, 1.165) is 43.4 Å². The maximum Gasteiger partial charge on any atom is 0.151 e. The molecule has 0 saturated heterocycles. The van der Waals surface area contributed by atoms with Crippen LogP contribution in [0.5, 0.6) is 0 Å². The van der Waals surface area contributed by atoms with Crippen molar-refractivity contribution in [1.82, 2.24) is 0 Å². The fraction of sp³-hybridized carbons (Fsp3) is 0.952.